The molecule has 2 aromatic heterocycles. The van der Waals surface area contributed by atoms with Crippen LogP contribution in [0, 0.1) is 34.6 Å². The Kier molecular flexibility index (Phi) is 8.23. The Bertz CT molecular complexity index is 3270. The summed E-state index contributed by atoms with van der Waals surface area (Å²) in [5, 5.41) is 5.10. The maximum atomic E-state index is 2.50. The van der Waals surface area contributed by atoms with Crippen LogP contribution in [0.4, 0.5) is 17.1 Å². The van der Waals surface area contributed by atoms with Crippen LogP contribution >= 0.6 is 0 Å². The van der Waals surface area contributed by atoms with Crippen LogP contribution < -0.4 is 4.90 Å². The molecule has 11 aromatic rings. The highest BCUT2D eigenvalue weighted by atomic mass is 15.2. The SMILES string of the molecule is Cc1ccc(N2c3ccc(-n4c5ccc(C)cc5c5cc(C)ccc54)cc3C(c3ccccc3)(c3ccccc3)c3cc(-n4c5ccc(C)cc5c5cc(C)ccc54)ccc32)cc1. The number of benzene rings is 9. The number of aryl methyl sites for hydroxylation is 5. The van der Waals surface area contributed by atoms with Gasteiger partial charge in [-0.25, -0.2) is 0 Å². The van der Waals surface area contributed by atoms with Gasteiger partial charge in [0, 0.05) is 38.6 Å². The number of fused-ring (bicyclic) bond motifs is 8. The number of aromatic nitrogens is 2. The van der Waals surface area contributed by atoms with Crippen molar-refractivity contribution in [1.29, 1.82) is 0 Å². The van der Waals surface area contributed by atoms with Crippen molar-refractivity contribution >= 4 is 60.7 Å². The van der Waals surface area contributed by atoms with E-state index in [1.165, 1.54) is 93.7 Å². The molecule has 1 aliphatic rings. The van der Waals surface area contributed by atoms with E-state index in [9.17, 15) is 0 Å². The maximum Gasteiger partial charge on any atom is 0.0743 e. The van der Waals surface area contributed by atoms with Gasteiger partial charge in [0.25, 0.3) is 0 Å². The van der Waals surface area contributed by atoms with Crippen LogP contribution in [0.5, 0.6) is 0 Å². The molecule has 0 unspecified atom stereocenters. The Balaban J connectivity index is 1.24. The van der Waals surface area contributed by atoms with Gasteiger partial charge >= 0.3 is 0 Å². The molecule has 0 bridgehead atoms. The number of rotatable bonds is 5. The standard InChI is InChI=1S/C60H47N3/c1-38-16-22-45(23-17-38)61-58-30-24-46(62-54-26-18-39(2)32-48(54)49-33-40(3)19-27-55(49)62)36-52(58)60(43-12-8-6-9-13-43,44-14-10-7-11-15-44)53-37-47(25-31-59(53)61)63-56-28-20-41(4)34-50(56)51-35-42(5)21-29-57(51)63/h6-37H,1-5H3. The summed E-state index contributed by atoms with van der Waals surface area (Å²) >= 11 is 0. The van der Waals surface area contributed by atoms with Gasteiger partial charge in [-0.3, -0.25) is 0 Å². The Morgan fingerprint density at radius 3 is 1.00 bits per heavy atom. The molecule has 3 heterocycles. The molecule has 1 aliphatic heterocycles. The maximum absolute atomic E-state index is 2.50. The summed E-state index contributed by atoms with van der Waals surface area (Å²) in [5.41, 5.74) is 21.0. The van der Waals surface area contributed by atoms with E-state index in [1.54, 1.807) is 0 Å². The zero-order chi connectivity index (χ0) is 42.6. The van der Waals surface area contributed by atoms with Crippen molar-refractivity contribution in [2.45, 2.75) is 40.0 Å². The van der Waals surface area contributed by atoms with E-state index < -0.39 is 5.41 Å². The number of hydrogen-bond donors (Lipinski definition) is 0. The van der Waals surface area contributed by atoms with Crippen molar-refractivity contribution in [2.24, 2.45) is 0 Å². The Labute approximate surface area is 368 Å². The van der Waals surface area contributed by atoms with Crippen molar-refractivity contribution in [3.05, 3.63) is 244 Å². The van der Waals surface area contributed by atoms with E-state index in [-0.39, 0.29) is 0 Å². The summed E-state index contributed by atoms with van der Waals surface area (Å²) in [6.07, 6.45) is 0. The van der Waals surface area contributed by atoms with Gasteiger partial charge in [0.1, 0.15) is 0 Å². The fourth-order valence-electron chi connectivity index (χ4n) is 10.8. The average Bonchev–Trinajstić information content (AvgIpc) is 3.79. The lowest BCUT2D eigenvalue weighted by Gasteiger charge is -2.47. The molecule has 0 saturated carbocycles. The molecule has 0 radical (unpaired) electrons. The molecule has 12 rings (SSSR count). The van der Waals surface area contributed by atoms with E-state index in [4.69, 9.17) is 0 Å². The second-order valence-corrected chi connectivity index (χ2v) is 17.8. The fraction of sp³-hybridized carbons (Fsp3) is 0.100. The molecule has 302 valence electrons. The monoisotopic (exact) mass is 809 g/mol. The Hall–Kier alpha value is -7.62. The van der Waals surface area contributed by atoms with Crippen LogP contribution in [0.25, 0.3) is 55.0 Å². The minimum absolute atomic E-state index is 0.710. The minimum atomic E-state index is -0.710. The van der Waals surface area contributed by atoms with Crippen molar-refractivity contribution < 1.29 is 0 Å². The summed E-state index contributed by atoms with van der Waals surface area (Å²) in [7, 11) is 0. The topological polar surface area (TPSA) is 13.1 Å². The third kappa shape index (κ3) is 5.52. The van der Waals surface area contributed by atoms with Crippen molar-refractivity contribution in [3.63, 3.8) is 0 Å². The van der Waals surface area contributed by atoms with E-state index in [0.29, 0.717) is 0 Å². The largest absolute Gasteiger partial charge is 0.310 e. The molecule has 63 heavy (non-hydrogen) atoms. The molecule has 0 amide bonds. The third-order valence-electron chi connectivity index (χ3n) is 13.6. The molecule has 0 atom stereocenters. The molecule has 0 fully saturated rings. The summed E-state index contributed by atoms with van der Waals surface area (Å²) in [6.45, 7) is 10.9. The Morgan fingerprint density at radius 2 is 0.635 bits per heavy atom. The molecule has 3 heteroatoms. The van der Waals surface area contributed by atoms with E-state index in [0.717, 1.165) is 28.4 Å². The van der Waals surface area contributed by atoms with Crippen molar-refractivity contribution in [3.8, 4) is 11.4 Å². The highest BCUT2D eigenvalue weighted by molar-refractivity contribution is 6.11. The molecule has 0 N–H and O–H groups in total. The summed E-state index contributed by atoms with van der Waals surface area (Å²) in [4.78, 5) is 2.50. The number of anilines is 3. The zero-order valence-corrected chi connectivity index (χ0v) is 36.3. The van der Waals surface area contributed by atoms with Gasteiger partial charge in [0.2, 0.25) is 0 Å². The fourth-order valence-corrected chi connectivity index (χ4v) is 10.8. The van der Waals surface area contributed by atoms with Crippen LogP contribution in [-0.4, -0.2) is 9.13 Å². The molecule has 3 nitrogen and oxygen atoms in total. The van der Waals surface area contributed by atoms with Gasteiger partial charge in [0.15, 0.2) is 0 Å². The summed E-state index contributed by atoms with van der Waals surface area (Å²) < 4.78 is 4.96. The minimum Gasteiger partial charge on any atom is -0.310 e. The van der Waals surface area contributed by atoms with Gasteiger partial charge in [-0.1, -0.05) is 125 Å². The predicted molar refractivity (Wildman–Crippen MR) is 265 cm³/mol. The summed E-state index contributed by atoms with van der Waals surface area (Å²) in [5.74, 6) is 0. The normalized spacial score (nSPS) is 13.3. The summed E-state index contributed by atoms with van der Waals surface area (Å²) in [6, 6.07) is 73.4. The molecular weight excluding hydrogens is 763 g/mol. The van der Waals surface area contributed by atoms with Crippen molar-refractivity contribution in [2.75, 3.05) is 4.90 Å². The highest BCUT2D eigenvalue weighted by Crippen LogP contribution is 2.59. The molecular formula is C60H47N3. The van der Waals surface area contributed by atoms with Crippen LogP contribution in [0.1, 0.15) is 50.1 Å². The lowest BCUT2D eigenvalue weighted by atomic mass is 9.62. The molecule has 0 saturated heterocycles. The first kappa shape index (κ1) is 37.2. The van der Waals surface area contributed by atoms with Crippen LogP contribution in [0.3, 0.4) is 0 Å². The average molecular weight is 810 g/mol. The van der Waals surface area contributed by atoms with E-state index >= 15 is 0 Å². The second-order valence-electron chi connectivity index (χ2n) is 17.8. The third-order valence-corrected chi connectivity index (χ3v) is 13.6. The van der Waals surface area contributed by atoms with Gasteiger partial charge in [0.05, 0.1) is 38.9 Å². The smallest absolute Gasteiger partial charge is 0.0743 e. The first-order chi connectivity index (χ1) is 30.8. The molecule has 0 spiro atoms. The van der Waals surface area contributed by atoms with Gasteiger partial charge in [-0.2, -0.15) is 0 Å². The highest BCUT2D eigenvalue weighted by Gasteiger charge is 2.47. The van der Waals surface area contributed by atoms with Crippen LogP contribution in [0.2, 0.25) is 0 Å². The van der Waals surface area contributed by atoms with Crippen LogP contribution in [0.15, 0.2) is 194 Å². The first-order valence-corrected chi connectivity index (χ1v) is 22.1. The predicted octanol–water partition coefficient (Wildman–Crippen LogP) is 15.6. The van der Waals surface area contributed by atoms with Gasteiger partial charge < -0.3 is 14.0 Å². The Morgan fingerprint density at radius 1 is 0.302 bits per heavy atom. The van der Waals surface area contributed by atoms with E-state index in [1.807, 2.05) is 0 Å². The quantitative estimate of drug-likeness (QED) is 0.169. The van der Waals surface area contributed by atoms with Gasteiger partial charge in [-0.15, -0.1) is 0 Å². The van der Waals surface area contributed by atoms with E-state index in [2.05, 4.69) is 243 Å². The second kappa shape index (κ2) is 14.0. The molecule has 9 aromatic carbocycles. The number of hydrogen-bond acceptors (Lipinski definition) is 1. The lowest BCUT2D eigenvalue weighted by molar-refractivity contribution is 0.729. The molecule has 0 aliphatic carbocycles. The number of nitrogens with zero attached hydrogens (tertiary/aromatic N) is 3. The zero-order valence-electron chi connectivity index (χ0n) is 36.3. The van der Waals surface area contributed by atoms with Crippen molar-refractivity contribution in [1.82, 2.24) is 9.13 Å². The lowest BCUT2D eigenvalue weighted by Crippen LogP contribution is -2.38. The van der Waals surface area contributed by atoms with Gasteiger partial charge in [-0.05, 0) is 154 Å². The first-order valence-electron chi connectivity index (χ1n) is 22.1. The van der Waals surface area contributed by atoms with Crippen LogP contribution in [-0.2, 0) is 5.41 Å².